The summed E-state index contributed by atoms with van der Waals surface area (Å²) in [4.78, 5) is 2.56. The van der Waals surface area contributed by atoms with Gasteiger partial charge in [-0.2, -0.15) is 0 Å². The van der Waals surface area contributed by atoms with E-state index in [2.05, 4.69) is 10.2 Å². The van der Waals surface area contributed by atoms with Crippen LogP contribution in [0.2, 0.25) is 0 Å². The van der Waals surface area contributed by atoms with Crippen molar-refractivity contribution in [2.75, 3.05) is 30.8 Å². The van der Waals surface area contributed by atoms with E-state index in [1.807, 2.05) is 26.1 Å². The Kier molecular flexibility index (Phi) is 4.47. The van der Waals surface area contributed by atoms with Gasteiger partial charge in [0.2, 0.25) is 0 Å². The lowest BCUT2D eigenvalue weighted by atomic mass is 10.2. The number of nitrogens with one attached hydrogen (secondary N) is 1. The number of hydrogen-bond acceptors (Lipinski definition) is 4. The Bertz CT molecular complexity index is 522. The Morgan fingerprint density at radius 1 is 1.37 bits per heavy atom. The molecular weight excluding hydrogens is 260 g/mol. The third-order valence-corrected chi connectivity index (χ3v) is 5.60. The van der Waals surface area contributed by atoms with Crippen LogP contribution in [-0.2, 0) is 9.84 Å². The Hall–Kier alpha value is -1.07. The van der Waals surface area contributed by atoms with E-state index in [0.717, 1.165) is 25.2 Å². The van der Waals surface area contributed by atoms with E-state index in [4.69, 9.17) is 0 Å². The first-order chi connectivity index (χ1) is 9.06. The maximum Gasteiger partial charge on any atom is 0.180 e. The van der Waals surface area contributed by atoms with E-state index in [1.165, 1.54) is 0 Å². The molecule has 1 N–H and O–H groups in total. The van der Waals surface area contributed by atoms with E-state index >= 15 is 0 Å². The molecule has 1 aromatic rings. The van der Waals surface area contributed by atoms with Crippen molar-refractivity contribution >= 4 is 15.5 Å². The van der Waals surface area contributed by atoms with Crippen molar-refractivity contribution < 1.29 is 8.42 Å². The minimum Gasteiger partial charge on any atom is -0.369 e. The number of sulfone groups is 1. The maximum absolute atomic E-state index is 12.3. The Morgan fingerprint density at radius 3 is 2.74 bits per heavy atom. The molecule has 1 heterocycles. The van der Waals surface area contributed by atoms with Gasteiger partial charge in [0.15, 0.2) is 9.84 Å². The highest BCUT2D eigenvalue weighted by molar-refractivity contribution is 7.91. The molecule has 5 heteroatoms. The first kappa shape index (κ1) is 14.3. The van der Waals surface area contributed by atoms with Crippen molar-refractivity contribution in [2.24, 2.45) is 0 Å². The van der Waals surface area contributed by atoms with Crippen LogP contribution in [0.4, 0.5) is 5.69 Å². The molecule has 2 rings (SSSR count). The zero-order valence-electron chi connectivity index (χ0n) is 11.6. The first-order valence-corrected chi connectivity index (χ1v) is 8.47. The first-order valence-electron chi connectivity index (χ1n) is 6.81. The van der Waals surface area contributed by atoms with Crippen molar-refractivity contribution in [1.29, 1.82) is 0 Å². The molecule has 0 amide bonds. The second kappa shape index (κ2) is 5.92. The minimum absolute atomic E-state index is 0.209. The van der Waals surface area contributed by atoms with Crippen LogP contribution < -0.4 is 10.2 Å². The third kappa shape index (κ3) is 3.09. The molecule has 0 aliphatic carbocycles. The summed E-state index contributed by atoms with van der Waals surface area (Å²) in [6.45, 7) is 3.81. The fourth-order valence-corrected chi connectivity index (χ4v) is 4.13. The summed E-state index contributed by atoms with van der Waals surface area (Å²) < 4.78 is 24.7. The van der Waals surface area contributed by atoms with E-state index in [1.54, 1.807) is 12.1 Å². The summed E-state index contributed by atoms with van der Waals surface area (Å²) in [6, 6.07) is 7.70. The summed E-state index contributed by atoms with van der Waals surface area (Å²) in [5.41, 5.74) is 0.824. The Balaban J connectivity index is 2.35. The molecule has 0 radical (unpaired) electrons. The zero-order valence-corrected chi connectivity index (χ0v) is 12.4. The van der Waals surface area contributed by atoms with Crippen molar-refractivity contribution in [1.82, 2.24) is 5.32 Å². The predicted molar refractivity (Wildman–Crippen MR) is 78.5 cm³/mol. The van der Waals surface area contributed by atoms with Crippen molar-refractivity contribution in [3.05, 3.63) is 24.3 Å². The van der Waals surface area contributed by atoms with Crippen LogP contribution in [-0.4, -0.2) is 40.3 Å². The van der Waals surface area contributed by atoms with Crippen LogP contribution in [0.3, 0.4) is 0 Å². The fraction of sp³-hybridized carbons (Fsp3) is 0.571. The van der Waals surface area contributed by atoms with Gasteiger partial charge in [0.1, 0.15) is 0 Å². The molecule has 1 fully saturated rings. The van der Waals surface area contributed by atoms with Crippen LogP contribution in [0.15, 0.2) is 29.2 Å². The van der Waals surface area contributed by atoms with E-state index in [0.29, 0.717) is 17.4 Å². The lowest BCUT2D eigenvalue weighted by Gasteiger charge is -2.28. The largest absolute Gasteiger partial charge is 0.369 e. The minimum atomic E-state index is -3.18. The fourth-order valence-electron chi connectivity index (χ4n) is 2.56. The molecule has 0 saturated carbocycles. The predicted octanol–water partition coefficient (Wildman–Crippen LogP) is 1.67. The van der Waals surface area contributed by atoms with Gasteiger partial charge in [-0.3, -0.25) is 0 Å². The molecule has 1 aliphatic rings. The average Bonchev–Trinajstić information content (AvgIpc) is 2.92. The van der Waals surface area contributed by atoms with Gasteiger partial charge >= 0.3 is 0 Å². The standard InChI is InChI=1S/C14H22N2O2S/c1-3-10-19(17,18)14-7-5-4-6-13(14)16(2)12-8-9-15-11-12/h4-7,12,15H,3,8-11H2,1-2H3. The number of likely N-dealkylation sites (N-methyl/N-ethyl adjacent to an activating group) is 1. The number of hydrogen-bond donors (Lipinski definition) is 1. The van der Waals surface area contributed by atoms with E-state index in [9.17, 15) is 8.42 Å². The van der Waals surface area contributed by atoms with E-state index in [-0.39, 0.29) is 5.75 Å². The van der Waals surface area contributed by atoms with Crippen molar-refractivity contribution in [2.45, 2.75) is 30.7 Å². The molecule has 1 atom stereocenters. The number of rotatable bonds is 5. The monoisotopic (exact) mass is 282 g/mol. The molecule has 0 spiro atoms. The van der Waals surface area contributed by atoms with Gasteiger partial charge in [-0.05, 0) is 31.5 Å². The number of benzene rings is 1. The summed E-state index contributed by atoms with van der Waals surface area (Å²) >= 11 is 0. The maximum atomic E-state index is 12.3. The normalized spacial score (nSPS) is 19.6. The topological polar surface area (TPSA) is 49.4 Å². The molecule has 106 valence electrons. The quantitative estimate of drug-likeness (QED) is 0.892. The van der Waals surface area contributed by atoms with Crippen LogP contribution in [0.5, 0.6) is 0 Å². The van der Waals surface area contributed by atoms with Gasteiger partial charge in [-0.15, -0.1) is 0 Å². The van der Waals surface area contributed by atoms with Gasteiger partial charge in [0, 0.05) is 19.6 Å². The van der Waals surface area contributed by atoms with Gasteiger partial charge < -0.3 is 10.2 Å². The lowest BCUT2D eigenvalue weighted by molar-refractivity contribution is 0.593. The molecule has 0 aromatic heterocycles. The Morgan fingerprint density at radius 2 is 2.11 bits per heavy atom. The number of para-hydroxylation sites is 1. The number of nitrogens with zero attached hydrogens (tertiary/aromatic N) is 1. The summed E-state index contributed by atoms with van der Waals surface area (Å²) in [5, 5.41) is 3.32. The van der Waals surface area contributed by atoms with Gasteiger partial charge in [0.05, 0.1) is 16.3 Å². The molecule has 4 nitrogen and oxygen atoms in total. The molecule has 1 saturated heterocycles. The average molecular weight is 282 g/mol. The van der Waals surface area contributed by atoms with Crippen LogP contribution in [0, 0.1) is 0 Å². The lowest BCUT2D eigenvalue weighted by Crippen LogP contribution is -2.34. The summed E-state index contributed by atoms with van der Waals surface area (Å²) in [6.07, 6.45) is 1.70. The molecule has 0 bridgehead atoms. The second-order valence-corrected chi connectivity index (χ2v) is 7.12. The zero-order chi connectivity index (χ0) is 13.9. The third-order valence-electron chi connectivity index (χ3n) is 3.64. The van der Waals surface area contributed by atoms with Crippen molar-refractivity contribution in [3.8, 4) is 0 Å². The highest BCUT2D eigenvalue weighted by Crippen LogP contribution is 2.28. The number of anilines is 1. The molecule has 19 heavy (non-hydrogen) atoms. The molecular formula is C14H22N2O2S. The summed E-state index contributed by atoms with van der Waals surface area (Å²) in [7, 11) is -1.19. The van der Waals surface area contributed by atoms with Crippen LogP contribution in [0.1, 0.15) is 19.8 Å². The van der Waals surface area contributed by atoms with Crippen LogP contribution in [0.25, 0.3) is 0 Å². The highest BCUT2D eigenvalue weighted by atomic mass is 32.2. The van der Waals surface area contributed by atoms with Gasteiger partial charge in [-0.25, -0.2) is 8.42 Å². The highest BCUT2D eigenvalue weighted by Gasteiger charge is 2.25. The summed E-state index contributed by atoms with van der Waals surface area (Å²) in [5.74, 6) is 0.209. The SMILES string of the molecule is CCCS(=O)(=O)c1ccccc1N(C)C1CCNC1. The Labute approximate surface area is 115 Å². The van der Waals surface area contributed by atoms with Gasteiger partial charge in [0.25, 0.3) is 0 Å². The van der Waals surface area contributed by atoms with Crippen molar-refractivity contribution in [3.63, 3.8) is 0 Å². The van der Waals surface area contributed by atoms with Gasteiger partial charge in [-0.1, -0.05) is 19.1 Å². The second-order valence-electron chi connectivity index (χ2n) is 5.04. The smallest absolute Gasteiger partial charge is 0.180 e. The van der Waals surface area contributed by atoms with E-state index < -0.39 is 9.84 Å². The molecule has 1 aliphatic heterocycles. The molecule has 1 aromatic carbocycles. The molecule has 1 unspecified atom stereocenters. The van der Waals surface area contributed by atoms with Crippen LogP contribution >= 0.6 is 0 Å².